The predicted octanol–water partition coefficient (Wildman–Crippen LogP) is 7.78. The van der Waals surface area contributed by atoms with Gasteiger partial charge in [0.2, 0.25) is 0 Å². The average Bonchev–Trinajstić information content (AvgIpc) is 3.18. The third-order valence-corrected chi connectivity index (χ3v) is 5.94. The van der Waals surface area contributed by atoms with Crippen LogP contribution in [0, 0.1) is 6.92 Å². The quantitative estimate of drug-likeness (QED) is 0.146. The van der Waals surface area contributed by atoms with Crippen molar-refractivity contribution in [3.8, 4) is 17.2 Å². The number of halogens is 3. The molecule has 10 heteroatoms. The Morgan fingerprint density at radius 1 is 1.15 bits per heavy atom. The summed E-state index contributed by atoms with van der Waals surface area (Å²) in [6.07, 6.45) is 0.175. The van der Waals surface area contributed by atoms with E-state index in [4.69, 9.17) is 9.47 Å². The minimum Gasteiger partial charge on any atom is -0.501 e. The van der Waals surface area contributed by atoms with Crippen LogP contribution in [-0.2, 0) is 9.53 Å². The summed E-state index contributed by atoms with van der Waals surface area (Å²) in [6, 6.07) is 10.2. The fourth-order valence-electron chi connectivity index (χ4n) is 4.15. The zero-order valence-corrected chi connectivity index (χ0v) is 23.2. The molecule has 0 bridgehead atoms. The molecule has 1 aromatic heterocycles. The Kier molecular flexibility index (Phi) is 11.4. The summed E-state index contributed by atoms with van der Waals surface area (Å²) in [5.41, 5.74) is 1.73. The van der Waals surface area contributed by atoms with Gasteiger partial charge >= 0.3 is 12.3 Å². The number of carboxylic acids is 1. The number of carboxylic acid groups (broad SMARTS) is 1. The minimum absolute atomic E-state index is 0.241. The highest BCUT2D eigenvalue weighted by Gasteiger charge is 2.31. The Morgan fingerprint density at radius 3 is 2.38 bits per heavy atom. The molecule has 1 heterocycles. The third-order valence-electron chi connectivity index (χ3n) is 5.94. The molecule has 7 nitrogen and oxygen atoms in total. The Balaban J connectivity index is 0.000000536. The first-order chi connectivity index (χ1) is 18.9. The predicted molar refractivity (Wildman–Crippen MR) is 147 cm³/mol. The monoisotopic (exact) mass is 561 g/mol. The molecule has 2 aromatic carbocycles. The fraction of sp³-hybridized carbons (Fsp3) is 0.333. The number of allylic oxidation sites excluding steroid dienone is 3. The van der Waals surface area contributed by atoms with Crippen molar-refractivity contribution in [2.45, 2.75) is 59.4 Å². The second-order valence-electron chi connectivity index (χ2n) is 8.72. The molecule has 0 saturated carbocycles. The van der Waals surface area contributed by atoms with Gasteiger partial charge in [-0.1, -0.05) is 19.1 Å². The number of alkyl halides is 3. The van der Waals surface area contributed by atoms with Gasteiger partial charge in [0.05, 0.1) is 18.4 Å². The average molecular weight is 562 g/mol. The molecule has 3 rings (SSSR count). The van der Waals surface area contributed by atoms with Gasteiger partial charge in [-0.05, 0) is 64.0 Å². The molecule has 0 aliphatic carbocycles. The first kappa shape index (κ1) is 32.0. The van der Waals surface area contributed by atoms with Crippen molar-refractivity contribution >= 4 is 22.7 Å². The lowest BCUT2D eigenvalue weighted by atomic mass is 10.1. The summed E-state index contributed by atoms with van der Waals surface area (Å²) in [5.74, 6) is -0.452. The molecule has 0 unspecified atom stereocenters. The Labute approximate surface area is 231 Å². The molecule has 0 fully saturated rings. The number of aromatic nitrogens is 1. The highest BCUT2D eigenvalue weighted by atomic mass is 19.4. The van der Waals surface area contributed by atoms with Gasteiger partial charge < -0.3 is 23.9 Å². The topological polar surface area (TPSA) is 87.0 Å². The van der Waals surface area contributed by atoms with Crippen LogP contribution in [0.15, 0.2) is 67.0 Å². The van der Waals surface area contributed by atoms with Gasteiger partial charge in [0.25, 0.3) is 0 Å². The van der Waals surface area contributed by atoms with E-state index in [2.05, 4.69) is 11.3 Å². The van der Waals surface area contributed by atoms with E-state index < -0.39 is 24.2 Å². The summed E-state index contributed by atoms with van der Waals surface area (Å²) in [7, 11) is 1.69. The van der Waals surface area contributed by atoms with Crippen LogP contribution in [0.1, 0.15) is 56.1 Å². The Hall–Kier alpha value is -4.21. The van der Waals surface area contributed by atoms with Crippen molar-refractivity contribution in [2.24, 2.45) is 0 Å². The molecule has 40 heavy (non-hydrogen) atoms. The lowest BCUT2D eigenvalue weighted by molar-refractivity contribution is -0.274. The van der Waals surface area contributed by atoms with Gasteiger partial charge in [-0.3, -0.25) is 4.79 Å². The Morgan fingerprint density at radius 2 is 1.85 bits per heavy atom. The molecule has 0 aliphatic rings. The van der Waals surface area contributed by atoms with Gasteiger partial charge in [0, 0.05) is 40.9 Å². The van der Waals surface area contributed by atoms with E-state index in [9.17, 15) is 27.9 Å². The van der Waals surface area contributed by atoms with E-state index in [0.717, 1.165) is 24.7 Å². The number of fused-ring (bicyclic) bond motifs is 1. The van der Waals surface area contributed by atoms with Crippen molar-refractivity contribution in [3.63, 3.8) is 0 Å². The molecule has 0 aliphatic heterocycles. The number of carbonyl (C=O) groups is 2. The number of Topliss-reactive ketones (excluding diaryl/α,β-unsaturated/α-hetero) is 1. The van der Waals surface area contributed by atoms with Crippen LogP contribution in [0.5, 0.6) is 11.5 Å². The molecule has 0 spiro atoms. The number of methoxy groups -OCH3 is 1. The maximum atomic E-state index is 12.7. The largest absolute Gasteiger partial charge is 0.573 e. The highest BCUT2D eigenvalue weighted by molar-refractivity contribution is 6.09. The van der Waals surface area contributed by atoms with Crippen LogP contribution < -0.4 is 9.47 Å². The molecule has 0 radical (unpaired) electrons. The molecule has 216 valence electrons. The van der Waals surface area contributed by atoms with Crippen LogP contribution in [0.2, 0.25) is 0 Å². The number of nitrogens with zero attached hydrogens (tertiary/aromatic N) is 1. The lowest BCUT2D eigenvalue weighted by Crippen LogP contribution is -2.25. The first-order valence-electron chi connectivity index (χ1n) is 12.6. The molecule has 3 aromatic rings. The second kappa shape index (κ2) is 14.3. The number of ketones is 1. The number of hydrogen-bond donors (Lipinski definition) is 1. The second-order valence-corrected chi connectivity index (χ2v) is 8.72. The molecule has 1 atom stereocenters. The van der Waals surface area contributed by atoms with Crippen molar-refractivity contribution < 1.29 is 42.1 Å². The van der Waals surface area contributed by atoms with E-state index in [1.807, 2.05) is 19.1 Å². The molecular weight excluding hydrogens is 527 g/mol. The number of rotatable bonds is 11. The Bertz CT molecular complexity index is 1370. The normalized spacial score (nSPS) is 12.2. The van der Waals surface area contributed by atoms with Crippen molar-refractivity contribution in [1.82, 2.24) is 4.57 Å². The van der Waals surface area contributed by atoms with Gasteiger partial charge in [-0.2, -0.15) is 0 Å². The lowest BCUT2D eigenvalue weighted by Gasteiger charge is -2.15. The maximum Gasteiger partial charge on any atom is 0.573 e. The van der Waals surface area contributed by atoms with Crippen LogP contribution >= 0.6 is 0 Å². The van der Waals surface area contributed by atoms with Gasteiger partial charge in [0.1, 0.15) is 11.5 Å². The first-order valence-corrected chi connectivity index (χ1v) is 12.6. The number of hydrogen-bond acceptors (Lipinski definition) is 5. The number of aliphatic carboxylic acids is 1. The smallest absolute Gasteiger partial charge is 0.501 e. The SMILES string of the molecule is C=CCC/C(=C\C)OC.CC[C@@H](Oc1cccc(-n2c(C)c(C(C)=O)c3ccc(OC(F)(F)F)cc32)c1)C(=O)O. The number of ether oxygens (including phenoxy) is 3. The maximum absolute atomic E-state index is 12.7. The number of carbonyl (C=O) groups excluding carboxylic acids is 1. The zero-order chi connectivity index (χ0) is 30.0. The molecular formula is C30H34F3NO6. The molecule has 0 saturated heterocycles. The summed E-state index contributed by atoms with van der Waals surface area (Å²) in [4.78, 5) is 23.5. The minimum atomic E-state index is -4.86. The third kappa shape index (κ3) is 8.39. The fourth-order valence-corrected chi connectivity index (χ4v) is 4.15. The van der Waals surface area contributed by atoms with E-state index >= 15 is 0 Å². The van der Waals surface area contributed by atoms with Crippen molar-refractivity contribution in [1.29, 1.82) is 0 Å². The van der Waals surface area contributed by atoms with E-state index in [1.165, 1.54) is 19.1 Å². The summed E-state index contributed by atoms with van der Waals surface area (Å²) < 4.78 is 54.3. The molecule has 0 amide bonds. The van der Waals surface area contributed by atoms with Gasteiger partial charge in [0.15, 0.2) is 11.9 Å². The summed E-state index contributed by atoms with van der Waals surface area (Å²) >= 11 is 0. The summed E-state index contributed by atoms with van der Waals surface area (Å²) in [5, 5.41) is 9.70. The standard InChI is InChI=1S/C22H20F3NO5.C8H14O/c1-4-19(21(28)29)30-15-7-5-6-14(10-15)26-12(2)20(13(3)27)17-9-8-16(11-18(17)26)31-22(23,24)25;1-4-6-7-8(5-2)9-3/h5-11,19H,4H2,1-3H3,(H,28,29);4-5H,1,6-7H2,2-3H3/b;8-5+/t19-;/m1./s1. The molecule has 1 N–H and O–H groups in total. The highest BCUT2D eigenvalue weighted by Crippen LogP contribution is 2.34. The number of benzene rings is 2. The van der Waals surface area contributed by atoms with Crippen molar-refractivity contribution in [3.05, 3.63) is 78.2 Å². The van der Waals surface area contributed by atoms with Crippen LogP contribution in [0.4, 0.5) is 13.2 Å². The zero-order valence-electron chi connectivity index (χ0n) is 23.2. The van der Waals surface area contributed by atoms with Gasteiger partial charge in [-0.15, -0.1) is 19.8 Å². The van der Waals surface area contributed by atoms with Crippen LogP contribution in [0.3, 0.4) is 0 Å². The van der Waals surface area contributed by atoms with Crippen LogP contribution in [0.25, 0.3) is 16.6 Å². The van der Waals surface area contributed by atoms with E-state index in [0.29, 0.717) is 27.8 Å². The van der Waals surface area contributed by atoms with E-state index in [-0.39, 0.29) is 18.0 Å². The van der Waals surface area contributed by atoms with Gasteiger partial charge in [-0.25, -0.2) is 4.79 Å². The van der Waals surface area contributed by atoms with E-state index in [1.54, 1.807) is 49.8 Å². The summed E-state index contributed by atoms with van der Waals surface area (Å²) in [6.45, 7) is 10.3. The van der Waals surface area contributed by atoms with Crippen molar-refractivity contribution in [2.75, 3.05) is 7.11 Å². The van der Waals surface area contributed by atoms with Crippen LogP contribution in [-0.4, -0.2) is 41.0 Å².